The lowest BCUT2D eigenvalue weighted by Crippen LogP contribution is -2.13. The molecule has 0 bridgehead atoms. The maximum absolute atomic E-state index is 11.7. The third kappa shape index (κ3) is 4.99. The fourth-order valence-corrected chi connectivity index (χ4v) is 1.90. The topological polar surface area (TPSA) is 120 Å². The molecule has 0 heterocycles. The van der Waals surface area contributed by atoms with Crippen LogP contribution in [0.15, 0.2) is 53.5 Å². The zero-order chi connectivity index (χ0) is 18.2. The number of hydrogen-bond donors (Lipinski definition) is 1. The van der Waals surface area contributed by atoms with Crippen molar-refractivity contribution in [2.24, 2.45) is 10.7 Å². The lowest BCUT2D eigenvalue weighted by Gasteiger charge is -2.05. The van der Waals surface area contributed by atoms with Crippen molar-refractivity contribution in [3.8, 4) is 5.75 Å². The highest BCUT2D eigenvalue weighted by atomic mass is 16.8. The third-order valence-electron chi connectivity index (χ3n) is 3.22. The smallest absolute Gasteiger partial charge is 0.317 e. The summed E-state index contributed by atoms with van der Waals surface area (Å²) in [6, 6.07) is 12.1. The van der Waals surface area contributed by atoms with Crippen molar-refractivity contribution in [2.45, 2.75) is 0 Å². The molecule has 0 radical (unpaired) electrons. The van der Waals surface area contributed by atoms with E-state index in [1.54, 1.807) is 31.3 Å². The summed E-state index contributed by atoms with van der Waals surface area (Å²) in [6.07, 6.45) is 0. The SMILES string of the molecule is CN=C(N)c1ccc(OCCO[N+](=O)c2ccc([N+](=O)[O-])cc2)cc1. The van der Waals surface area contributed by atoms with Crippen molar-refractivity contribution in [1.82, 2.24) is 0 Å². The molecule has 9 nitrogen and oxygen atoms in total. The molecule has 130 valence electrons. The Morgan fingerprint density at radius 3 is 2.20 bits per heavy atom. The quantitative estimate of drug-likeness (QED) is 0.258. The Kier molecular flexibility index (Phi) is 5.99. The molecular formula is C16H17N4O5+. The first-order valence-corrected chi connectivity index (χ1v) is 7.31. The summed E-state index contributed by atoms with van der Waals surface area (Å²) in [5.74, 6) is 1.03. The molecule has 0 unspecified atom stereocenters. The molecule has 0 spiro atoms. The van der Waals surface area contributed by atoms with Crippen LogP contribution in [0, 0.1) is 15.0 Å². The number of hydrogen-bond acceptors (Lipinski definition) is 6. The van der Waals surface area contributed by atoms with Gasteiger partial charge in [-0.15, -0.1) is 0 Å². The Morgan fingerprint density at radius 1 is 1.04 bits per heavy atom. The van der Waals surface area contributed by atoms with Gasteiger partial charge in [-0.3, -0.25) is 15.1 Å². The van der Waals surface area contributed by atoms with E-state index in [1.807, 2.05) is 0 Å². The Hall–Kier alpha value is -3.49. The minimum atomic E-state index is -0.543. The highest BCUT2D eigenvalue weighted by Crippen LogP contribution is 2.18. The van der Waals surface area contributed by atoms with Crippen molar-refractivity contribution in [2.75, 3.05) is 20.3 Å². The maximum atomic E-state index is 11.7. The van der Waals surface area contributed by atoms with E-state index >= 15 is 0 Å². The summed E-state index contributed by atoms with van der Waals surface area (Å²) in [6.45, 7) is 0.170. The molecule has 2 N–H and O–H groups in total. The van der Waals surface area contributed by atoms with Gasteiger partial charge in [-0.1, -0.05) is 0 Å². The lowest BCUT2D eigenvalue weighted by atomic mass is 10.2. The van der Waals surface area contributed by atoms with E-state index in [4.69, 9.17) is 15.3 Å². The summed E-state index contributed by atoms with van der Waals surface area (Å²) in [5.41, 5.74) is 6.54. The molecule has 0 atom stereocenters. The molecule has 0 aromatic heterocycles. The van der Waals surface area contributed by atoms with Crippen LogP contribution in [0.1, 0.15) is 5.56 Å². The Bertz CT molecular complexity index is 772. The fraction of sp³-hybridized carbons (Fsp3) is 0.188. The Morgan fingerprint density at radius 2 is 1.64 bits per heavy atom. The average Bonchev–Trinajstić information content (AvgIpc) is 2.65. The summed E-state index contributed by atoms with van der Waals surface area (Å²) >= 11 is 0. The van der Waals surface area contributed by atoms with Crippen LogP contribution in [0.2, 0.25) is 0 Å². The summed E-state index contributed by atoms with van der Waals surface area (Å²) < 4.78 is 5.45. The van der Waals surface area contributed by atoms with E-state index < -0.39 is 4.92 Å². The van der Waals surface area contributed by atoms with Gasteiger partial charge in [0, 0.05) is 36.9 Å². The normalized spacial score (nSPS) is 11.0. The molecule has 2 aromatic carbocycles. The van der Waals surface area contributed by atoms with Crippen molar-refractivity contribution in [3.63, 3.8) is 0 Å². The molecule has 2 rings (SSSR count). The zero-order valence-corrected chi connectivity index (χ0v) is 13.5. The van der Waals surface area contributed by atoms with Crippen molar-refractivity contribution < 1.29 is 19.4 Å². The van der Waals surface area contributed by atoms with E-state index in [2.05, 4.69) is 4.99 Å². The van der Waals surface area contributed by atoms with Crippen LogP contribution < -0.4 is 10.5 Å². The van der Waals surface area contributed by atoms with Gasteiger partial charge in [-0.05, 0) is 24.3 Å². The van der Waals surface area contributed by atoms with Gasteiger partial charge in [0.05, 0.1) is 9.83 Å². The first-order valence-electron chi connectivity index (χ1n) is 7.31. The second-order valence-corrected chi connectivity index (χ2v) is 4.85. The first-order chi connectivity index (χ1) is 12.0. The predicted molar refractivity (Wildman–Crippen MR) is 90.9 cm³/mol. The molecule has 0 aliphatic carbocycles. The maximum Gasteiger partial charge on any atom is 0.317 e. The van der Waals surface area contributed by atoms with Crippen LogP contribution in [0.4, 0.5) is 11.4 Å². The van der Waals surface area contributed by atoms with Gasteiger partial charge < -0.3 is 10.5 Å². The second kappa shape index (κ2) is 8.39. The molecular weight excluding hydrogens is 328 g/mol. The van der Waals surface area contributed by atoms with Crippen LogP contribution >= 0.6 is 0 Å². The number of nitrogens with two attached hydrogens (primary N) is 1. The van der Waals surface area contributed by atoms with Gasteiger partial charge in [0.1, 0.15) is 18.2 Å². The van der Waals surface area contributed by atoms with Gasteiger partial charge in [-0.25, -0.2) is 4.84 Å². The summed E-state index contributed by atoms with van der Waals surface area (Å²) in [5, 5.41) is 10.6. The summed E-state index contributed by atoms with van der Waals surface area (Å²) in [7, 11) is 1.61. The molecule has 9 heteroatoms. The van der Waals surface area contributed by atoms with Gasteiger partial charge in [-0.2, -0.15) is 0 Å². The largest absolute Gasteiger partial charge is 0.490 e. The number of amidine groups is 1. The van der Waals surface area contributed by atoms with Gasteiger partial charge in [0.25, 0.3) is 10.6 Å². The molecule has 0 aliphatic heterocycles. The van der Waals surface area contributed by atoms with Crippen LogP contribution in [0.25, 0.3) is 0 Å². The van der Waals surface area contributed by atoms with Crippen LogP contribution in [0.5, 0.6) is 5.75 Å². The predicted octanol–water partition coefficient (Wildman–Crippen LogP) is 2.35. The van der Waals surface area contributed by atoms with Crippen LogP contribution in [0.3, 0.4) is 0 Å². The number of aliphatic imine (C=N–C) groups is 1. The number of rotatable bonds is 8. The molecule has 2 aromatic rings. The third-order valence-corrected chi connectivity index (χ3v) is 3.22. The van der Waals surface area contributed by atoms with E-state index in [-0.39, 0.29) is 29.5 Å². The molecule has 0 fully saturated rings. The second-order valence-electron chi connectivity index (χ2n) is 4.85. The van der Waals surface area contributed by atoms with Gasteiger partial charge >= 0.3 is 5.69 Å². The zero-order valence-electron chi connectivity index (χ0n) is 13.5. The fourth-order valence-electron chi connectivity index (χ4n) is 1.90. The molecule has 0 saturated heterocycles. The van der Waals surface area contributed by atoms with E-state index in [0.29, 0.717) is 11.6 Å². The number of non-ortho nitro benzene ring substituents is 1. The number of benzene rings is 2. The molecule has 25 heavy (non-hydrogen) atoms. The van der Waals surface area contributed by atoms with Crippen molar-refractivity contribution >= 4 is 17.2 Å². The molecule has 0 aliphatic rings. The number of nitro benzene ring substituents is 1. The van der Waals surface area contributed by atoms with Crippen LogP contribution in [-0.2, 0) is 4.84 Å². The standard InChI is InChI=1S/C16H17N4O5/c1-18-16(17)12-2-8-15(9-3-12)24-10-11-25-20(23)14-6-4-13(5-7-14)19(21)22/h2-9H,10-11H2,1H3,(H2,17,18)/q+1. The van der Waals surface area contributed by atoms with Crippen LogP contribution in [-0.4, -0.2) is 35.9 Å². The number of nitrogens with zero attached hydrogens (tertiary/aromatic N) is 3. The minimum Gasteiger partial charge on any atom is -0.490 e. The summed E-state index contributed by atoms with van der Waals surface area (Å²) in [4.78, 5) is 30.9. The Balaban J connectivity index is 1.78. The monoisotopic (exact) mass is 345 g/mol. The Labute approximate surface area is 143 Å². The van der Waals surface area contributed by atoms with E-state index in [1.165, 1.54) is 24.3 Å². The van der Waals surface area contributed by atoms with E-state index in [9.17, 15) is 15.0 Å². The highest BCUT2D eigenvalue weighted by Gasteiger charge is 2.17. The highest BCUT2D eigenvalue weighted by molar-refractivity contribution is 5.97. The lowest BCUT2D eigenvalue weighted by molar-refractivity contribution is -0.745. The van der Waals surface area contributed by atoms with E-state index in [0.717, 1.165) is 5.56 Å². The van der Waals surface area contributed by atoms with Gasteiger partial charge in [0.2, 0.25) is 0 Å². The molecule has 0 saturated carbocycles. The number of ether oxygens (including phenoxy) is 1. The average molecular weight is 345 g/mol. The van der Waals surface area contributed by atoms with Gasteiger partial charge in [0.15, 0.2) is 6.61 Å². The number of nitro groups is 1. The minimum absolute atomic E-state index is 0.0147. The molecule has 0 amide bonds. The van der Waals surface area contributed by atoms with Crippen molar-refractivity contribution in [1.29, 1.82) is 0 Å². The van der Waals surface area contributed by atoms with Crippen molar-refractivity contribution in [3.05, 3.63) is 69.1 Å². The first kappa shape index (κ1) is 17.9.